The van der Waals surface area contributed by atoms with Crippen LogP contribution in [0.25, 0.3) is 0 Å². The van der Waals surface area contributed by atoms with E-state index in [1.165, 1.54) is 12.1 Å². The Labute approximate surface area is 92.1 Å². The van der Waals surface area contributed by atoms with Gasteiger partial charge >= 0.3 is 6.29 Å². The summed E-state index contributed by atoms with van der Waals surface area (Å²) < 4.78 is 34.3. The van der Waals surface area contributed by atoms with Crippen molar-refractivity contribution in [2.24, 2.45) is 0 Å². The summed E-state index contributed by atoms with van der Waals surface area (Å²) in [7, 11) is 0. The van der Waals surface area contributed by atoms with Crippen LogP contribution in [0.4, 0.5) is 14.5 Å². The van der Waals surface area contributed by atoms with Gasteiger partial charge in [0, 0.05) is 11.8 Å². The van der Waals surface area contributed by atoms with Crippen molar-refractivity contribution in [2.75, 3.05) is 5.73 Å². The molecule has 0 atom stereocenters. The first-order valence-electron chi connectivity index (χ1n) is 4.89. The van der Waals surface area contributed by atoms with Gasteiger partial charge in [0.05, 0.1) is 0 Å². The zero-order valence-electron chi connectivity index (χ0n) is 9.30. The van der Waals surface area contributed by atoms with E-state index in [4.69, 9.17) is 5.73 Å². The predicted octanol–water partition coefficient (Wildman–Crippen LogP) is 2.89. The summed E-state index contributed by atoms with van der Waals surface area (Å²) in [5, 5.41) is 0. The van der Waals surface area contributed by atoms with Gasteiger partial charge in [0.1, 0.15) is 0 Å². The lowest BCUT2D eigenvalue weighted by Gasteiger charge is -2.21. The molecule has 0 radical (unpaired) electrons. The summed E-state index contributed by atoms with van der Waals surface area (Å²) in [6.45, 7) is 5.83. The smallest absolute Gasteiger partial charge is 0.398 e. The third-order valence-electron chi connectivity index (χ3n) is 2.38. The first-order valence-corrected chi connectivity index (χ1v) is 4.89. The number of hydrogen-bond acceptors (Lipinski definition) is 3. The number of anilines is 1. The molecule has 16 heavy (non-hydrogen) atoms. The number of fused-ring (bicyclic) bond motifs is 1. The largest absolute Gasteiger partial charge is 0.586 e. The number of halogens is 2. The van der Waals surface area contributed by atoms with Crippen LogP contribution in [0.2, 0.25) is 0 Å². The maximum absolute atomic E-state index is 12.8. The van der Waals surface area contributed by atoms with Crippen LogP contribution in [-0.4, -0.2) is 6.29 Å². The first-order chi connectivity index (χ1) is 7.19. The highest BCUT2D eigenvalue weighted by atomic mass is 19.3. The molecule has 0 saturated heterocycles. The first kappa shape index (κ1) is 11.0. The SMILES string of the molecule is CC(C)(C)c1cc2c(cc1N)OC(F)(F)O2. The molecule has 1 aliphatic rings. The van der Waals surface area contributed by atoms with E-state index < -0.39 is 6.29 Å². The van der Waals surface area contributed by atoms with Gasteiger partial charge in [0.2, 0.25) is 0 Å². The van der Waals surface area contributed by atoms with Crippen molar-refractivity contribution in [1.82, 2.24) is 0 Å². The Bertz CT molecular complexity index is 438. The summed E-state index contributed by atoms with van der Waals surface area (Å²) in [5.74, 6) is 0.0135. The van der Waals surface area contributed by atoms with Gasteiger partial charge < -0.3 is 15.2 Å². The molecule has 0 aliphatic carbocycles. The maximum atomic E-state index is 12.8. The predicted molar refractivity (Wildman–Crippen MR) is 55.8 cm³/mol. The highest BCUT2D eigenvalue weighted by molar-refractivity contribution is 5.61. The fourth-order valence-electron chi connectivity index (χ4n) is 1.66. The van der Waals surface area contributed by atoms with Crippen LogP contribution in [0.5, 0.6) is 11.5 Å². The van der Waals surface area contributed by atoms with Gasteiger partial charge in [-0.25, -0.2) is 0 Å². The van der Waals surface area contributed by atoms with Crippen LogP contribution < -0.4 is 15.2 Å². The average molecular weight is 229 g/mol. The van der Waals surface area contributed by atoms with Crippen molar-refractivity contribution >= 4 is 5.69 Å². The zero-order valence-corrected chi connectivity index (χ0v) is 9.30. The lowest BCUT2D eigenvalue weighted by molar-refractivity contribution is -0.286. The van der Waals surface area contributed by atoms with Crippen molar-refractivity contribution < 1.29 is 18.3 Å². The number of rotatable bonds is 0. The van der Waals surface area contributed by atoms with Gasteiger partial charge in [-0.1, -0.05) is 20.8 Å². The van der Waals surface area contributed by atoms with Crippen LogP contribution in [0, 0.1) is 0 Å². The van der Waals surface area contributed by atoms with Gasteiger partial charge in [0.25, 0.3) is 0 Å². The molecular weight excluding hydrogens is 216 g/mol. The van der Waals surface area contributed by atoms with E-state index in [0.29, 0.717) is 5.69 Å². The Kier molecular flexibility index (Phi) is 2.05. The number of hydrogen-bond donors (Lipinski definition) is 1. The molecule has 0 saturated carbocycles. The molecule has 0 unspecified atom stereocenters. The number of benzene rings is 1. The van der Waals surface area contributed by atoms with Gasteiger partial charge in [-0.3, -0.25) is 0 Å². The Hall–Kier alpha value is -1.52. The minimum Gasteiger partial charge on any atom is -0.398 e. The van der Waals surface area contributed by atoms with Crippen molar-refractivity contribution in [3.8, 4) is 11.5 Å². The highest BCUT2D eigenvalue weighted by Crippen LogP contribution is 2.45. The van der Waals surface area contributed by atoms with Gasteiger partial charge in [-0.15, -0.1) is 8.78 Å². The van der Waals surface area contributed by atoms with Crippen LogP contribution in [0.1, 0.15) is 26.3 Å². The monoisotopic (exact) mass is 229 g/mol. The number of alkyl halides is 2. The Balaban J connectivity index is 2.49. The second-order valence-corrected chi connectivity index (χ2v) is 4.80. The molecule has 1 aromatic carbocycles. The number of nitrogens with two attached hydrogens (primary N) is 1. The molecule has 5 heteroatoms. The van der Waals surface area contributed by atoms with E-state index in [1.54, 1.807) is 0 Å². The quantitative estimate of drug-likeness (QED) is 0.696. The normalized spacial score (nSPS) is 17.6. The Morgan fingerprint density at radius 3 is 2.12 bits per heavy atom. The van der Waals surface area contributed by atoms with E-state index >= 15 is 0 Å². The van der Waals surface area contributed by atoms with E-state index in [1.807, 2.05) is 20.8 Å². The van der Waals surface area contributed by atoms with Gasteiger partial charge in [-0.05, 0) is 17.0 Å². The molecule has 0 bridgehead atoms. The third-order valence-corrected chi connectivity index (χ3v) is 2.38. The van der Waals surface area contributed by atoms with Crippen LogP contribution in [-0.2, 0) is 5.41 Å². The maximum Gasteiger partial charge on any atom is 0.586 e. The van der Waals surface area contributed by atoms with E-state index in [2.05, 4.69) is 9.47 Å². The molecule has 1 aromatic rings. The lowest BCUT2D eigenvalue weighted by Crippen LogP contribution is -2.25. The summed E-state index contributed by atoms with van der Waals surface area (Å²) >= 11 is 0. The molecule has 2 N–H and O–H groups in total. The van der Waals surface area contributed by atoms with Crippen molar-refractivity contribution in [3.63, 3.8) is 0 Å². The summed E-state index contributed by atoms with van der Waals surface area (Å²) in [6.07, 6.45) is -3.59. The topological polar surface area (TPSA) is 44.5 Å². The van der Waals surface area contributed by atoms with E-state index in [0.717, 1.165) is 5.56 Å². The molecule has 88 valence electrons. The molecule has 1 heterocycles. The van der Waals surface area contributed by atoms with Gasteiger partial charge in [-0.2, -0.15) is 0 Å². The molecule has 3 nitrogen and oxygen atoms in total. The van der Waals surface area contributed by atoms with E-state index in [-0.39, 0.29) is 16.9 Å². The Morgan fingerprint density at radius 2 is 1.62 bits per heavy atom. The standard InChI is InChI=1S/C11H13F2NO2/c1-10(2,3)6-4-8-9(5-7(6)14)16-11(12,13)15-8/h4-5H,14H2,1-3H3. The molecule has 0 aromatic heterocycles. The molecule has 1 aliphatic heterocycles. The van der Waals surface area contributed by atoms with Crippen molar-refractivity contribution in [2.45, 2.75) is 32.5 Å². The minimum absolute atomic E-state index is 0.0181. The van der Waals surface area contributed by atoms with Gasteiger partial charge in [0.15, 0.2) is 11.5 Å². The zero-order chi connectivity index (χ0) is 12.1. The second kappa shape index (κ2) is 2.99. The Morgan fingerprint density at radius 1 is 1.12 bits per heavy atom. The fourth-order valence-corrected chi connectivity index (χ4v) is 1.66. The van der Waals surface area contributed by atoms with Crippen LogP contribution in [0.3, 0.4) is 0 Å². The van der Waals surface area contributed by atoms with Crippen LogP contribution >= 0.6 is 0 Å². The molecule has 0 amide bonds. The summed E-state index contributed by atoms with van der Waals surface area (Å²) in [4.78, 5) is 0. The third kappa shape index (κ3) is 1.77. The number of ether oxygens (including phenoxy) is 2. The lowest BCUT2D eigenvalue weighted by atomic mass is 9.85. The van der Waals surface area contributed by atoms with Crippen molar-refractivity contribution in [1.29, 1.82) is 0 Å². The van der Waals surface area contributed by atoms with Crippen LogP contribution in [0.15, 0.2) is 12.1 Å². The summed E-state index contributed by atoms with van der Waals surface area (Å²) in [6, 6.07) is 2.88. The minimum atomic E-state index is -3.59. The molecule has 0 spiro atoms. The highest BCUT2D eigenvalue weighted by Gasteiger charge is 2.44. The van der Waals surface area contributed by atoms with E-state index in [9.17, 15) is 8.78 Å². The summed E-state index contributed by atoms with van der Waals surface area (Å²) in [5.41, 5.74) is 6.73. The number of nitrogen functional groups attached to an aromatic ring is 1. The average Bonchev–Trinajstić information content (AvgIpc) is 2.34. The molecule has 2 rings (SSSR count). The fraction of sp³-hybridized carbons (Fsp3) is 0.455. The molecular formula is C11H13F2NO2. The second-order valence-electron chi connectivity index (χ2n) is 4.80. The molecule has 0 fully saturated rings. The van der Waals surface area contributed by atoms with Crippen molar-refractivity contribution in [3.05, 3.63) is 17.7 Å².